The van der Waals surface area contributed by atoms with Gasteiger partial charge in [0.05, 0.1) is 18.8 Å². The molecular weight excluding hydrogens is 311 g/mol. The van der Waals surface area contributed by atoms with Crippen LogP contribution < -0.4 is 10.5 Å². The van der Waals surface area contributed by atoms with Gasteiger partial charge in [-0.3, -0.25) is 4.98 Å². The predicted molar refractivity (Wildman–Crippen MR) is 75.5 cm³/mol. The van der Waals surface area contributed by atoms with E-state index in [2.05, 4.69) is 20.9 Å². The summed E-state index contributed by atoms with van der Waals surface area (Å²) in [5, 5.41) is 0. The van der Waals surface area contributed by atoms with Crippen molar-refractivity contribution in [2.75, 3.05) is 7.11 Å². The lowest BCUT2D eigenvalue weighted by atomic mass is 10.0. The monoisotopic (exact) mass is 324 g/mol. The molecule has 1 unspecified atom stereocenters. The minimum absolute atomic E-state index is 0.268. The van der Waals surface area contributed by atoms with Gasteiger partial charge in [0.25, 0.3) is 0 Å². The van der Waals surface area contributed by atoms with Gasteiger partial charge in [-0.2, -0.15) is 0 Å². The van der Waals surface area contributed by atoms with Crippen LogP contribution in [-0.4, -0.2) is 12.1 Å². The number of hydrogen-bond donors (Lipinski definition) is 1. The number of ether oxygens (including phenoxy) is 1. The molecule has 0 amide bonds. The van der Waals surface area contributed by atoms with E-state index in [1.807, 2.05) is 18.2 Å². The summed E-state index contributed by atoms with van der Waals surface area (Å²) in [6.45, 7) is 0. The Labute approximate surface area is 119 Å². The van der Waals surface area contributed by atoms with E-state index >= 15 is 0 Å². The maximum absolute atomic E-state index is 13.6. The van der Waals surface area contributed by atoms with Crippen LogP contribution in [0.1, 0.15) is 17.3 Å². The molecule has 1 aromatic heterocycles. The lowest BCUT2D eigenvalue weighted by Gasteiger charge is -2.14. The predicted octanol–water partition coefficient (Wildman–Crippen LogP) is 3.23. The van der Waals surface area contributed by atoms with Crippen LogP contribution in [0.2, 0.25) is 0 Å². The fraction of sp³-hybridized carbons (Fsp3) is 0.214. The number of methoxy groups -OCH3 is 1. The molecule has 2 N–H and O–H groups in total. The first-order valence-corrected chi connectivity index (χ1v) is 6.59. The van der Waals surface area contributed by atoms with Gasteiger partial charge in [0, 0.05) is 10.7 Å². The Kier molecular flexibility index (Phi) is 4.50. The summed E-state index contributed by atoms with van der Waals surface area (Å²) >= 11 is 3.40. The third-order valence-electron chi connectivity index (χ3n) is 2.82. The first kappa shape index (κ1) is 14.0. The van der Waals surface area contributed by atoms with Gasteiger partial charge >= 0.3 is 0 Å². The molecule has 1 aromatic carbocycles. The Morgan fingerprint density at radius 1 is 1.42 bits per heavy atom. The molecule has 0 aliphatic heterocycles. The molecule has 0 aliphatic carbocycles. The Morgan fingerprint density at radius 3 is 2.89 bits per heavy atom. The van der Waals surface area contributed by atoms with E-state index in [4.69, 9.17) is 10.5 Å². The van der Waals surface area contributed by atoms with Crippen LogP contribution in [0.15, 0.2) is 41.0 Å². The molecule has 0 fully saturated rings. The van der Waals surface area contributed by atoms with E-state index in [0.717, 1.165) is 15.8 Å². The molecule has 1 atom stereocenters. The maximum Gasteiger partial charge on any atom is 0.146 e. The zero-order valence-electron chi connectivity index (χ0n) is 10.4. The molecule has 2 rings (SSSR count). The molecule has 0 spiro atoms. The van der Waals surface area contributed by atoms with E-state index in [0.29, 0.717) is 6.42 Å². The minimum atomic E-state index is -0.510. The van der Waals surface area contributed by atoms with Crippen LogP contribution in [0.4, 0.5) is 4.39 Å². The smallest absolute Gasteiger partial charge is 0.146 e. The summed E-state index contributed by atoms with van der Waals surface area (Å²) in [5.74, 6) is 0.346. The average molecular weight is 325 g/mol. The molecule has 3 nitrogen and oxygen atoms in total. The summed E-state index contributed by atoms with van der Waals surface area (Å²) in [6.07, 6.45) is 1.99. The van der Waals surface area contributed by atoms with Crippen LogP contribution >= 0.6 is 15.9 Å². The molecule has 5 heteroatoms. The normalized spacial score (nSPS) is 12.2. The lowest BCUT2D eigenvalue weighted by Crippen LogP contribution is -2.17. The van der Waals surface area contributed by atoms with Gasteiger partial charge in [-0.15, -0.1) is 0 Å². The molecule has 0 aliphatic rings. The summed E-state index contributed by atoms with van der Waals surface area (Å²) in [5.41, 5.74) is 7.21. The Balaban J connectivity index is 2.26. The third-order valence-corrected chi connectivity index (χ3v) is 3.31. The van der Waals surface area contributed by atoms with Gasteiger partial charge in [-0.1, -0.05) is 15.9 Å². The average Bonchev–Trinajstić information content (AvgIpc) is 2.39. The van der Waals surface area contributed by atoms with Gasteiger partial charge < -0.3 is 10.5 Å². The van der Waals surface area contributed by atoms with E-state index in [1.165, 1.54) is 12.3 Å². The van der Waals surface area contributed by atoms with E-state index in [1.54, 1.807) is 13.2 Å². The third kappa shape index (κ3) is 3.30. The van der Waals surface area contributed by atoms with Gasteiger partial charge in [-0.25, -0.2) is 4.39 Å². The first-order chi connectivity index (χ1) is 9.11. The van der Waals surface area contributed by atoms with Crippen LogP contribution in [0.3, 0.4) is 0 Å². The fourth-order valence-corrected chi connectivity index (χ4v) is 2.32. The minimum Gasteiger partial charge on any atom is -0.496 e. The Bertz CT molecular complexity index is 577. The number of halogens is 2. The fourth-order valence-electron chi connectivity index (χ4n) is 1.91. The summed E-state index contributed by atoms with van der Waals surface area (Å²) in [7, 11) is 1.60. The largest absolute Gasteiger partial charge is 0.496 e. The number of pyridine rings is 1. The second-order valence-corrected chi connectivity index (χ2v) is 5.05. The van der Waals surface area contributed by atoms with E-state index in [9.17, 15) is 4.39 Å². The van der Waals surface area contributed by atoms with Crippen molar-refractivity contribution in [3.63, 3.8) is 0 Å². The first-order valence-electron chi connectivity index (χ1n) is 5.80. The highest BCUT2D eigenvalue weighted by atomic mass is 79.9. The number of nitrogens with two attached hydrogens (primary N) is 1. The molecule has 0 radical (unpaired) electrons. The summed E-state index contributed by atoms with van der Waals surface area (Å²) in [4.78, 5) is 4.00. The topological polar surface area (TPSA) is 48.1 Å². The van der Waals surface area contributed by atoms with Gasteiger partial charge in [0.15, 0.2) is 0 Å². The van der Waals surface area contributed by atoms with Crippen LogP contribution in [0.25, 0.3) is 0 Å². The SMILES string of the molecule is COc1ccc(Br)cc1CC(N)c1ncccc1F. The molecule has 0 bridgehead atoms. The molecule has 1 heterocycles. The molecule has 100 valence electrons. The van der Waals surface area contributed by atoms with Crippen LogP contribution in [0.5, 0.6) is 5.75 Å². The zero-order valence-corrected chi connectivity index (χ0v) is 12.0. The van der Waals surface area contributed by atoms with Crippen molar-refractivity contribution in [1.82, 2.24) is 4.98 Å². The highest BCUT2D eigenvalue weighted by Gasteiger charge is 2.15. The lowest BCUT2D eigenvalue weighted by molar-refractivity contribution is 0.407. The van der Waals surface area contributed by atoms with Crippen LogP contribution in [0, 0.1) is 5.82 Å². The standard InChI is InChI=1S/C14H14BrFN2O/c1-19-13-5-4-10(15)7-9(13)8-12(17)14-11(16)3-2-6-18-14/h2-7,12H,8,17H2,1H3. The second kappa shape index (κ2) is 6.12. The molecule has 0 saturated heterocycles. The Hall–Kier alpha value is -1.46. The van der Waals surface area contributed by atoms with Crippen molar-refractivity contribution < 1.29 is 9.13 Å². The van der Waals surface area contributed by atoms with Crippen molar-refractivity contribution in [2.24, 2.45) is 5.73 Å². The highest BCUT2D eigenvalue weighted by molar-refractivity contribution is 9.10. The van der Waals surface area contributed by atoms with Crippen molar-refractivity contribution >= 4 is 15.9 Å². The van der Waals surface area contributed by atoms with Crippen molar-refractivity contribution in [1.29, 1.82) is 0 Å². The van der Waals surface area contributed by atoms with Gasteiger partial charge in [0.1, 0.15) is 11.6 Å². The Morgan fingerprint density at radius 2 is 2.21 bits per heavy atom. The molecule has 19 heavy (non-hydrogen) atoms. The maximum atomic E-state index is 13.6. The number of benzene rings is 1. The summed E-state index contributed by atoms with van der Waals surface area (Å²) in [6, 6.07) is 8.05. The zero-order chi connectivity index (χ0) is 13.8. The highest BCUT2D eigenvalue weighted by Crippen LogP contribution is 2.27. The van der Waals surface area contributed by atoms with E-state index < -0.39 is 6.04 Å². The van der Waals surface area contributed by atoms with Crippen molar-refractivity contribution in [2.45, 2.75) is 12.5 Å². The van der Waals surface area contributed by atoms with E-state index in [-0.39, 0.29) is 11.5 Å². The molecule has 0 saturated carbocycles. The number of nitrogens with zero attached hydrogens (tertiary/aromatic N) is 1. The molecule has 2 aromatic rings. The van der Waals surface area contributed by atoms with Gasteiger partial charge in [0.2, 0.25) is 0 Å². The quantitative estimate of drug-likeness (QED) is 0.939. The number of rotatable bonds is 4. The van der Waals surface area contributed by atoms with Crippen molar-refractivity contribution in [3.05, 3.63) is 58.1 Å². The molecular formula is C14H14BrFN2O. The number of aromatic nitrogens is 1. The van der Waals surface area contributed by atoms with Gasteiger partial charge in [-0.05, 0) is 42.3 Å². The van der Waals surface area contributed by atoms with Crippen molar-refractivity contribution in [3.8, 4) is 5.75 Å². The summed E-state index contributed by atoms with van der Waals surface area (Å²) < 4.78 is 19.8. The second-order valence-electron chi connectivity index (χ2n) is 4.14. The van der Waals surface area contributed by atoms with Crippen LogP contribution in [-0.2, 0) is 6.42 Å². The number of hydrogen-bond acceptors (Lipinski definition) is 3.